The number of rotatable bonds is 6. The molecule has 3 aromatic carbocycles. The minimum atomic E-state index is -0.640. The van der Waals surface area contributed by atoms with Gasteiger partial charge >= 0.3 is 0 Å². The Morgan fingerprint density at radius 3 is 2.36 bits per heavy atom. The molecule has 0 aliphatic heterocycles. The number of amides is 1. The third-order valence-electron chi connectivity index (χ3n) is 5.22. The molecule has 4 aromatic rings. The summed E-state index contributed by atoms with van der Waals surface area (Å²) in [5.74, 6) is -1.21. The number of hydrogen-bond acceptors (Lipinski definition) is 4. The van der Waals surface area contributed by atoms with E-state index in [4.69, 9.17) is 0 Å². The van der Waals surface area contributed by atoms with Crippen LogP contribution in [0.3, 0.4) is 0 Å². The van der Waals surface area contributed by atoms with E-state index < -0.39 is 16.6 Å². The van der Waals surface area contributed by atoms with Crippen LogP contribution >= 0.6 is 11.8 Å². The molecule has 0 saturated heterocycles. The molecule has 4 rings (SSSR count). The number of benzene rings is 3. The Kier molecular flexibility index (Phi) is 6.55. The first-order chi connectivity index (χ1) is 15.8. The van der Waals surface area contributed by atoms with Crippen molar-refractivity contribution >= 4 is 28.6 Å². The topological polar surface area (TPSA) is 64.0 Å². The Balaban J connectivity index is 1.67. The lowest BCUT2D eigenvalue weighted by molar-refractivity contribution is -0.120. The molecule has 0 fully saturated rings. The van der Waals surface area contributed by atoms with Gasteiger partial charge in [0.1, 0.15) is 11.6 Å². The third kappa shape index (κ3) is 4.80. The zero-order valence-corrected chi connectivity index (χ0v) is 18.8. The van der Waals surface area contributed by atoms with E-state index in [1.807, 2.05) is 0 Å². The lowest BCUT2D eigenvalue weighted by atomic mass is 10.1. The summed E-state index contributed by atoms with van der Waals surface area (Å²) in [6, 6.07) is 18.3. The molecule has 1 aromatic heterocycles. The second kappa shape index (κ2) is 9.54. The molecule has 1 amide bonds. The van der Waals surface area contributed by atoms with E-state index in [0.29, 0.717) is 10.9 Å². The highest BCUT2D eigenvalue weighted by molar-refractivity contribution is 8.00. The van der Waals surface area contributed by atoms with Gasteiger partial charge in [-0.15, -0.1) is 0 Å². The van der Waals surface area contributed by atoms with Gasteiger partial charge in [0.2, 0.25) is 5.91 Å². The molecule has 0 radical (unpaired) electrons. The summed E-state index contributed by atoms with van der Waals surface area (Å²) in [7, 11) is 0. The van der Waals surface area contributed by atoms with Crippen LogP contribution in [0.15, 0.2) is 82.7 Å². The van der Waals surface area contributed by atoms with E-state index in [1.54, 1.807) is 56.3 Å². The van der Waals surface area contributed by atoms with Gasteiger partial charge in [0.25, 0.3) is 5.56 Å². The molecule has 2 atom stereocenters. The Hall–Kier alpha value is -3.52. The van der Waals surface area contributed by atoms with Crippen LogP contribution in [0.1, 0.15) is 25.5 Å². The number of thioether (sulfide) groups is 1. The monoisotopic (exact) mass is 465 g/mol. The predicted octanol–water partition coefficient (Wildman–Crippen LogP) is 5.02. The quantitative estimate of drug-likeness (QED) is 0.321. The average molecular weight is 466 g/mol. The summed E-state index contributed by atoms with van der Waals surface area (Å²) < 4.78 is 29.0. The van der Waals surface area contributed by atoms with E-state index in [2.05, 4.69) is 10.3 Å². The maximum absolute atomic E-state index is 14.6. The van der Waals surface area contributed by atoms with Crippen LogP contribution in [0.25, 0.3) is 16.6 Å². The fourth-order valence-electron chi connectivity index (χ4n) is 3.41. The molecule has 2 unspecified atom stereocenters. The second-order valence-corrected chi connectivity index (χ2v) is 8.85. The van der Waals surface area contributed by atoms with E-state index in [1.165, 1.54) is 34.9 Å². The first-order valence-electron chi connectivity index (χ1n) is 10.3. The van der Waals surface area contributed by atoms with E-state index in [9.17, 15) is 18.4 Å². The average Bonchev–Trinajstić information content (AvgIpc) is 2.80. The number of carbonyl (C=O) groups is 1. The Bertz CT molecular complexity index is 1370. The first-order valence-corrected chi connectivity index (χ1v) is 11.2. The molecule has 0 aliphatic rings. The lowest BCUT2D eigenvalue weighted by Gasteiger charge is -2.19. The van der Waals surface area contributed by atoms with Crippen LogP contribution in [0.5, 0.6) is 0 Å². The number of hydrogen-bond donors (Lipinski definition) is 1. The van der Waals surface area contributed by atoms with Gasteiger partial charge in [-0.25, -0.2) is 13.8 Å². The fourth-order valence-corrected chi connectivity index (χ4v) is 4.34. The maximum atomic E-state index is 14.6. The molecule has 8 heteroatoms. The van der Waals surface area contributed by atoms with Crippen molar-refractivity contribution in [3.05, 3.63) is 100 Å². The number of nitrogens with zero attached hydrogens (tertiary/aromatic N) is 2. The zero-order valence-electron chi connectivity index (χ0n) is 18.0. The van der Waals surface area contributed by atoms with Crippen LogP contribution in [-0.4, -0.2) is 20.7 Å². The Morgan fingerprint density at radius 1 is 0.970 bits per heavy atom. The summed E-state index contributed by atoms with van der Waals surface area (Å²) in [6.07, 6.45) is 0. The molecule has 1 heterocycles. The minimum absolute atomic E-state index is 0.0653. The summed E-state index contributed by atoms with van der Waals surface area (Å²) in [6.45, 7) is 3.48. The molecular formula is C25H21F2N3O2S. The van der Waals surface area contributed by atoms with Gasteiger partial charge < -0.3 is 5.32 Å². The van der Waals surface area contributed by atoms with E-state index in [-0.39, 0.29) is 28.6 Å². The summed E-state index contributed by atoms with van der Waals surface area (Å²) >= 11 is 1.06. The number of halogens is 2. The van der Waals surface area contributed by atoms with Crippen molar-refractivity contribution in [3.63, 3.8) is 0 Å². The number of aromatic nitrogens is 2. The van der Waals surface area contributed by atoms with Crippen molar-refractivity contribution in [1.82, 2.24) is 14.9 Å². The molecule has 0 spiro atoms. The van der Waals surface area contributed by atoms with Crippen molar-refractivity contribution in [2.75, 3.05) is 0 Å². The van der Waals surface area contributed by atoms with Crippen LogP contribution < -0.4 is 10.9 Å². The molecule has 0 aliphatic carbocycles. The number of fused-ring (bicyclic) bond motifs is 1. The van der Waals surface area contributed by atoms with Gasteiger partial charge in [-0.1, -0.05) is 48.2 Å². The van der Waals surface area contributed by atoms with Crippen molar-refractivity contribution in [1.29, 1.82) is 0 Å². The van der Waals surface area contributed by atoms with Crippen LogP contribution in [0.2, 0.25) is 0 Å². The third-order valence-corrected chi connectivity index (χ3v) is 6.27. The highest BCUT2D eigenvalue weighted by atomic mass is 32.2. The largest absolute Gasteiger partial charge is 0.349 e. The van der Waals surface area contributed by atoms with Crippen molar-refractivity contribution in [2.45, 2.75) is 30.3 Å². The Morgan fingerprint density at radius 2 is 1.64 bits per heavy atom. The highest BCUT2D eigenvalue weighted by Crippen LogP contribution is 2.26. The van der Waals surface area contributed by atoms with E-state index >= 15 is 0 Å². The number of para-hydroxylation sites is 2. The second-order valence-electron chi connectivity index (χ2n) is 7.55. The van der Waals surface area contributed by atoms with Crippen molar-refractivity contribution in [3.8, 4) is 5.69 Å². The van der Waals surface area contributed by atoms with Gasteiger partial charge in [0.05, 0.1) is 27.9 Å². The van der Waals surface area contributed by atoms with Crippen molar-refractivity contribution < 1.29 is 13.6 Å². The molecule has 168 valence electrons. The van der Waals surface area contributed by atoms with Gasteiger partial charge in [-0.05, 0) is 55.8 Å². The molecule has 5 nitrogen and oxygen atoms in total. The molecule has 0 saturated carbocycles. The SMILES string of the molecule is CC(Sc1nc2ccccc2c(=O)n1-c1ccccc1F)C(=O)NC(C)c1ccc(F)cc1. The van der Waals surface area contributed by atoms with Gasteiger partial charge in [-0.2, -0.15) is 0 Å². The molecule has 0 bridgehead atoms. The highest BCUT2D eigenvalue weighted by Gasteiger charge is 2.22. The predicted molar refractivity (Wildman–Crippen MR) is 126 cm³/mol. The fraction of sp³-hybridized carbons (Fsp3) is 0.160. The first kappa shape index (κ1) is 22.7. The van der Waals surface area contributed by atoms with E-state index in [0.717, 1.165) is 17.3 Å². The van der Waals surface area contributed by atoms with Gasteiger partial charge in [-0.3, -0.25) is 14.2 Å². The number of carbonyl (C=O) groups excluding carboxylic acids is 1. The summed E-state index contributed by atoms with van der Waals surface area (Å²) in [5, 5.41) is 2.81. The summed E-state index contributed by atoms with van der Waals surface area (Å²) in [4.78, 5) is 30.7. The maximum Gasteiger partial charge on any atom is 0.266 e. The molecule has 33 heavy (non-hydrogen) atoms. The summed E-state index contributed by atoms with van der Waals surface area (Å²) in [5.41, 5.74) is 0.870. The Labute approximate surface area is 193 Å². The smallest absolute Gasteiger partial charge is 0.266 e. The molecular weight excluding hydrogens is 444 g/mol. The van der Waals surface area contributed by atoms with Crippen LogP contribution in [-0.2, 0) is 4.79 Å². The van der Waals surface area contributed by atoms with Crippen LogP contribution in [0, 0.1) is 11.6 Å². The van der Waals surface area contributed by atoms with Gasteiger partial charge in [0, 0.05) is 0 Å². The molecule has 1 N–H and O–H groups in total. The number of nitrogens with one attached hydrogen (secondary N) is 1. The van der Waals surface area contributed by atoms with Crippen molar-refractivity contribution in [2.24, 2.45) is 0 Å². The van der Waals surface area contributed by atoms with Crippen LogP contribution in [0.4, 0.5) is 8.78 Å². The van der Waals surface area contributed by atoms with Gasteiger partial charge in [0.15, 0.2) is 5.16 Å². The zero-order chi connectivity index (χ0) is 23.5. The normalized spacial score (nSPS) is 13.0. The lowest BCUT2D eigenvalue weighted by Crippen LogP contribution is -2.33. The standard InChI is InChI=1S/C25H21F2N3O2S/c1-15(17-11-13-18(26)14-12-17)28-23(31)16(2)33-25-29-21-9-5-3-7-19(21)24(32)30(25)22-10-6-4-8-20(22)27/h3-16H,1-2H3,(H,28,31). The minimum Gasteiger partial charge on any atom is -0.349 e.